The number of benzene rings is 1. The molecule has 0 atom stereocenters. The van der Waals surface area contributed by atoms with E-state index in [0.717, 1.165) is 5.56 Å². The molecule has 3 aromatic heterocycles. The molecule has 0 saturated carbocycles. The molecule has 13 heteroatoms. The van der Waals surface area contributed by atoms with E-state index >= 15 is 0 Å². The first-order valence-corrected chi connectivity index (χ1v) is 10.2. The van der Waals surface area contributed by atoms with Crippen LogP contribution in [0.2, 0.25) is 10.0 Å². The van der Waals surface area contributed by atoms with Crippen molar-refractivity contribution in [1.29, 1.82) is 0 Å². The fraction of sp³-hybridized carbons (Fsp3) is 0.176. The van der Waals surface area contributed by atoms with Crippen LogP contribution >= 0.6 is 34.5 Å². The minimum absolute atomic E-state index is 0.195. The van der Waals surface area contributed by atoms with E-state index in [4.69, 9.17) is 23.2 Å². The molecule has 0 radical (unpaired) electrons. The van der Waals surface area contributed by atoms with Gasteiger partial charge in [0.2, 0.25) is 5.13 Å². The maximum absolute atomic E-state index is 10.9. The van der Waals surface area contributed by atoms with Crippen molar-refractivity contribution in [2.75, 3.05) is 5.32 Å². The number of aromatic nitrogens is 6. The lowest BCUT2D eigenvalue weighted by Gasteiger charge is -2.06. The maximum Gasteiger partial charge on any atom is 0.390 e. The fourth-order valence-electron chi connectivity index (χ4n) is 2.71. The highest BCUT2D eigenvalue weighted by molar-refractivity contribution is 7.15. The number of rotatable bonds is 7. The number of anilines is 2. The molecule has 154 valence electrons. The van der Waals surface area contributed by atoms with E-state index in [-0.39, 0.29) is 5.82 Å². The Morgan fingerprint density at radius 2 is 1.93 bits per heavy atom. The first kappa shape index (κ1) is 20.3. The van der Waals surface area contributed by atoms with Crippen LogP contribution < -0.4 is 5.32 Å². The SMILES string of the molecule is Cc1cc([N+](=O)[O-])nn1Cc1nnc(Nc2ccn(Cc3c(Cl)cccc3Cl)n2)s1. The lowest BCUT2D eigenvalue weighted by Crippen LogP contribution is -2.03. The molecule has 0 fully saturated rings. The summed E-state index contributed by atoms with van der Waals surface area (Å²) in [5.74, 6) is 0.395. The second-order valence-electron chi connectivity index (χ2n) is 6.28. The van der Waals surface area contributed by atoms with E-state index in [0.29, 0.717) is 44.8 Å². The van der Waals surface area contributed by atoms with Gasteiger partial charge in [-0.2, -0.15) is 9.78 Å². The molecule has 10 nitrogen and oxygen atoms in total. The molecule has 0 saturated heterocycles. The van der Waals surface area contributed by atoms with Gasteiger partial charge < -0.3 is 15.4 Å². The Morgan fingerprint density at radius 3 is 2.63 bits per heavy atom. The first-order valence-electron chi connectivity index (χ1n) is 8.63. The second kappa shape index (κ2) is 8.38. The molecule has 0 unspecified atom stereocenters. The summed E-state index contributed by atoms with van der Waals surface area (Å²) >= 11 is 13.7. The molecule has 0 spiro atoms. The van der Waals surface area contributed by atoms with Crippen molar-refractivity contribution in [2.24, 2.45) is 0 Å². The van der Waals surface area contributed by atoms with Crippen molar-refractivity contribution in [2.45, 2.75) is 20.0 Å². The molecule has 0 aliphatic carbocycles. The Bertz CT molecular complexity index is 1200. The molecule has 0 bridgehead atoms. The van der Waals surface area contributed by atoms with Crippen LogP contribution in [0.5, 0.6) is 0 Å². The van der Waals surface area contributed by atoms with Gasteiger partial charge in [0, 0.05) is 27.9 Å². The largest absolute Gasteiger partial charge is 0.390 e. The monoisotopic (exact) mass is 464 g/mol. The zero-order valence-corrected chi connectivity index (χ0v) is 17.8. The molecule has 3 heterocycles. The van der Waals surface area contributed by atoms with E-state index < -0.39 is 4.92 Å². The van der Waals surface area contributed by atoms with Gasteiger partial charge in [0.15, 0.2) is 5.82 Å². The molecule has 1 N–H and O–H groups in total. The Kier molecular flexibility index (Phi) is 5.66. The van der Waals surface area contributed by atoms with E-state index in [1.807, 2.05) is 0 Å². The number of nitrogens with zero attached hydrogens (tertiary/aromatic N) is 7. The van der Waals surface area contributed by atoms with Gasteiger partial charge in [0.05, 0.1) is 23.4 Å². The van der Waals surface area contributed by atoms with Gasteiger partial charge in [-0.15, -0.1) is 10.2 Å². The third-order valence-electron chi connectivity index (χ3n) is 4.16. The highest BCUT2D eigenvalue weighted by Gasteiger charge is 2.17. The van der Waals surface area contributed by atoms with Gasteiger partial charge in [0.25, 0.3) is 0 Å². The van der Waals surface area contributed by atoms with Crippen molar-refractivity contribution in [3.05, 3.63) is 73.0 Å². The summed E-state index contributed by atoms with van der Waals surface area (Å²) in [6.07, 6.45) is 1.80. The average Bonchev–Trinajstić information content (AvgIpc) is 3.41. The molecular weight excluding hydrogens is 451 g/mol. The predicted octanol–water partition coefficient (Wildman–Crippen LogP) is 4.29. The summed E-state index contributed by atoms with van der Waals surface area (Å²) in [6.45, 7) is 2.47. The molecular formula is C17H14Cl2N8O2S. The summed E-state index contributed by atoms with van der Waals surface area (Å²) < 4.78 is 3.23. The zero-order valence-electron chi connectivity index (χ0n) is 15.5. The first-order chi connectivity index (χ1) is 14.4. The summed E-state index contributed by atoms with van der Waals surface area (Å²) in [7, 11) is 0. The Morgan fingerprint density at radius 1 is 1.17 bits per heavy atom. The average molecular weight is 465 g/mol. The molecule has 0 amide bonds. The molecule has 30 heavy (non-hydrogen) atoms. The topological polar surface area (TPSA) is 117 Å². The van der Waals surface area contributed by atoms with Crippen LogP contribution in [-0.2, 0) is 13.1 Å². The molecule has 1 aromatic carbocycles. The fourth-order valence-corrected chi connectivity index (χ4v) is 3.96. The summed E-state index contributed by atoms with van der Waals surface area (Å²) in [5, 5.41) is 32.9. The van der Waals surface area contributed by atoms with Gasteiger partial charge in [-0.25, -0.2) is 0 Å². The van der Waals surface area contributed by atoms with Crippen molar-refractivity contribution in [1.82, 2.24) is 29.8 Å². The minimum atomic E-state index is -0.525. The second-order valence-corrected chi connectivity index (χ2v) is 8.16. The van der Waals surface area contributed by atoms with Crippen molar-refractivity contribution in [3.63, 3.8) is 0 Å². The number of hydrogen-bond acceptors (Lipinski definition) is 8. The van der Waals surface area contributed by atoms with Crippen molar-refractivity contribution >= 4 is 51.3 Å². The number of aryl methyl sites for hydroxylation is 1. The van der Waals surface area contributed by atoms with E-state index in [1.165, 1.54) is 22.1 Å². The van der Waals surface area contributed by atoms with Gasteiger partial charge in [-0.05, 0) is 24.0 Å². The van der Waals surface area contributed by atoms with Crippen LogP contribution in [0.4, 0.5) is 16.8 Å². The van der Waals surface area contributed by atoms with E-state index in [2.05, 4.69) is 25.7 Å². The van der Waals surface area contributed by atoms with Crippen LogP contribution in [0.15, 0.2) is 36.5 Å². The van der Waals surface area contributed by atoms with Crippen LogP contribution in [0, 0.1) is 17.0 Å². The quantitative estimate of drug-likeness (QED) is 0.320. The van der Waals surface area contributed by atoms with Gasteiger partial charge in [-0.1, -0.05) is 40.6 Å². The van der Waals surface area contributed by atoms with Gasteiger partial charge in [0.1, 0.15) is 11.6 Å². The predicted molar refractivity (Wildman–Crippen MR) is 114 cm³/mol. The van der Waals surface area contributed by atoms with Crippen molar-refractivity contribution in [3.8, 4) is 0 Å². The number of hydrogen-bond donors (Lipinski definition) is 1. The van der Waals surface area contributed by atoms with Crippen LogP contribution in [0.1, 0.15) is 16.3 Å². The standard InChI is InChI=1S/C17H14Cl2N8O2S/c1-10-7-15(27(28)29)24-26(10)9-16-21-22-17(30-16)20-14-5-6-25(23-14)8-11-12(18)3-2-4-13(11)19/h2-7H,8-9H2,1H3,(H,20,22,23). The molecule has 0 aliphatic heterocycles. The lowest BCUT2D eigenvalue weighted by atomic mass is 10.2. The van der Waals surface area contributed by atoms with Crippen molar-refractivity contribution < 1.29 is 4.92 Å². The van der Waals surface area contributed by atoms with Crippen LogP contribution in [0.3, 0.4) is 0 Å². The van der Waals surface area contributed by atoms with Gasteiger partial charge in [-0.3, -0.25) is 4.68 Å². The Labute approximate surface area is 184 Å². The highest BCUT2D eigenvalue weighted by Crippen LogP contribution is 2.26. The minimum Gasteiger partial charge on any atom is -0.358 e. The summed E-state index contributed by atoms with van der Waals surface area (Å²) in [5.41, 5.74) is 1.46. The summed E-state index contributed by atoms with van der Waals surface area (Å²) in [6, 6.07) is 8.57. The number of nitrogens with one attached hydrogen (secondary N) is 1. The number of nitro groups is 1. The molecule has 4 aromatic rings. The Balaban J connectivity index is 1.43. The van der Waals surface area contributed by atoms with Gasteiger partial charge >= 0.3 is 5.82 Å². The summed E-state index contributed by atoms with van der Waals surface area (Å²) in [4.78, 5) is 10.3. The molecule has 4 rings (SSSR count). The molecule has 0 aliphatic rings. The van der Waals surface area contributed by atoms with Crippen LogP contribution in [-0.4, -0.2) is 34.7 Å². The highest BCUT2D eigenvalue weighted by atomic mass is 35.5. The normalized spacial score (nSPS) is 11.0. The van der Waals surface area contributed by atoms with Crippen LogP contribution in [0.25, 0.3) is 0 Å². The lowest BCUT2D eigenvalue weighted by molar-refractivity contribution is -0.389. The third kappa shape index (κ3) is 4.42. The van der Waals surface area contributed by atoms with E-state index in [1.54, 1.807) is 42.1 Å². The maximum atomic E-state index is 10.9. The number of halogens is 2. The zero-order chi connectivity index (χ0) is 21.3. The smallest absolute Gasteiger partial charge is 0.358 e. The Hall–Kier alpha value is -3.02. The van der Waals surface area contributed by atoms with E-state index in [9.17, 15) is 10.1 Å². The third-order valence-corrected chi connectivity index (χ3v) is 5.70.